The number of carboxylic acid groups (broad SMARTS) is 1. The number of ether oxygens (including phenoxy) is 1. The molecule has 6 heteroatoms. The maximum atomic E-state index is 12.4. The molecule has 102 valence electrons. The molecule has 1 aliphatic heterocycles. The van der Waals surface area contributed by atoms with Gasteiger partial charge in [-0.2, -0.15) is 0 Å². The Morgan fingerprint density at radius 2 is 2.26 bits per heavy atom. The Labute approximate surface area is 119 Å². The first-order valence-corrected chi connectivity index (χ1v) is 6.75. The zero-order valence-electron chi connectivity index (χ0n) is 10.4. The highest BCUT2D eigenvalue weighted by atomic mass is 79.9. The predicted octanol–water partition coefficient (Wildman–Crippen LogP) is 1.86. The summed E-state index contributed by atoms with van der Waals surface area (Å²) in [6, 6.07) is 5.50. The Hall–Kier alpha value is -1.56. The fourth-order valence-electron chi connectivity index (χ4n) is 2.12. The van der Waals surface area contributed by atoms with Crippen LogP contribution in [0.3, 0.4) is 0 Å². The standard InChI is InChI=1S/C13H14BrNO4/c1-2-15(6-12(16)17)13(18)10-7-19-11-4-3-8(14)5-9(10)11/h3-5,10H,2,6-7H2,1H3,(H,16,17). The smallest absolute Gasteiger partial charge is 0.323 e. The van der Waals surface area contributed by atoms with Crippen molar-refractivity contribution in [1.29, 1.82) is 0 Å². The molecule has 0 radical (unpaired) electrons. The third-order valence-corrected chi connectivity index (χ3v) is 3.56. The molecule has 0 saturated carbocycles. The Morgan fingerprint density at radius 1 is 1.53 bits per heavy atom. The summed E-state index contributed by atoms with van der Waals surface area (Å²) in [5.74, 6) is -0.954. The molecular weight excluding hydrogens is 314 g/mol. The Balaban J connectivity index is 2.22. The van der Waals surface area contributed by atoms with E-state index >= 15 is 0 Å². The summed E-state index contributed by atoms with van der Waals surface area (Å²) >= 11 is 3.36. The molecule has 1 N–H and O–H groups in total. The zero-order chi connectivity index (χ0) is 14.0. The Kier molecular flexibility index (Phi) is 4.09. The van der Waals surface area contributed by atoms with Crippen LogP contribution < -0.4 is 4.74 Å². The number of nitrogens with zero attached hydrogens (tertiary/aromatic N) is 1. The highest BCUT2D eigenvalue weighted by Crippen LogP contribution is 2.36. The van der Waals surface area contributed by atoms with E-state index in [1.807, 2.05) is 12.1 Å². The number of carbonyl (C=O) groups excluding carboxylic acids is 1. The lowest BCUT2D eigenvalue weighted by atomic mass is 10.00. The van der Waals surface area contributed by atoms with Gasteiger partial charge in [0, 0.05) is 16.6 Å². The molecule has 1 aliphatic rings. The zero-order valence-corrected chi connectivity index (χ0v) is 12.0. The average Bonchev–Trinajstić information content (AvgIpc) is 2.77. The van der Waals surface area contributed by atoms with E-state index in [2.05, 4.69) is 15.9 Å². The van der Waals surface area contributed by atoms with Crippen LogP contribution in [-0.4, -0.2) is 41.6 Å². The van der Waals surface area contributed by atoms with Gasteiger partial charge in [0.25, 0.3) is 0 Å². The minimum absolute atomic E-state index is 0.207. The minimum atomic E-state index is -1.01. The summed E-state index contributed by atoms with van der Waals surface area (Å²) in [7, 11) is 0. The number of benzene rings is 1. The second-order valence-electron chi connectivity index (χ2n) is 4.29. The van der Waals surface area contributed by atoms with E-state index in [0.29, 0.717) is 12.3 Å². The number of hydrogen-bond acceptors (Lipinski definition) is 3. The second-order valence-corrected chi connectivity index (χ2v) is 5.21. The van der Waals surface area contributed by atoms with E-state index < -0.39 is 11.9 Å². The van der Waals surface area contributed by atoms with Gasteiger partial charge in [-0.05, 0) is 25.1 Å². The van der Waals surface area contributed by atoms with Gasteiger partial charge in [-0.15, -0.1) is 0 Å². The van der Waals surface area contributed by atoms with Gasteiger partial charge < -0.3 is 14.7 Å². The Bertz CT molecular complexity index is 517. The summed E-state index contributed by atoms with van der Waals surface area (Å²) in [5, 5.41) is 8.81. The first-order chi connectivity index (χ1) is 9.02. The largest absolute Gasteiger partial charge is 0.492 e. The van der Waals surface area contributed by atoms with Gasteiger partial charge in [0.05, 0.1) is 0 Å². The molecule has 0 spiro atoms. The molecule has 0 aliphatic carbocycles. The van der Waals surface area contributed by atoms with Crippen LogP contribution in [0.2, 0.25) is 0 Å². The lowest BCUT2D eigenvalue weighted by Gasteiger charge is -2.21. The summed E-state index contributed by atoms with van der Waals surface area (Å²) in [6.45, 7) is 2.11. The molecule has 0 bridgehead atoms. The summed E-state index contributed by atoms with van der Waals surface area (Å²) in [6.07, 6.45) is 0. The number of amides is 1. The van der Waals surface area contributed by atoms with E-state index in [9.17, 15) is 9.59 Å². The summed E-state index contributed by atoms with van der Waals surface area (Å²) in [4.78, 5) is 24.4. The number of halogens is 1. The molecule has 1 atom stereocenters. The normalized spacial score (nSPS) is 16.6. The molecular formula is C13H14BrNO4. The monoisotopic (exact) mass is 327 g/mol. The topological polar surface area (TPSA) is 66.8 Å². The highest BCUT2D eigenvalue weighted by Gasteiger charge is 2.33. The molecule has 0 fully saturated rings. The van der Waals surface area contributed by atoms with Gasteiger partial charge in [0.1, 0.15) is 24.8 Å². The highest BCUT2D eigenvalue weighted by molar-refractivity contribution is 9.10. The van der Waals surface area contributed by atoms with Crippen molar-refractivity contribution in [3.63, 3.8) is 0 Å². The van der Waals surface area contributed by atoms with Gasteiger partial charge in [0.15, 0.2) is 0 Å². The Morgan fingerprint density at radius 3 is 2.89 bits per heavy atom. The van der Waals surface area contributed by atoms with E-state index in [1.54, 1.807) is 13.0 Å². The van der Waals surface area contributed by atoms with E-state index in [1.165, 1.54) is 4.90 Å². The third kappa shape index (κ3) is 2.89. The van der Waals surface area contributed by atoms with Crippen molar-refractivity contribution in [1.82, 2.24) is 4.90 Å². The first kappa shape index (κ1) is 13.9. The minimum Gasteiger partial charge on any atom is -0.492 e. The number of hydrogen-bond donors (Lipinski definition) is 1. The van der Waals surface area contributed by atoms with Crippen LogP contribution in [-0.2, 0) is 9.59 Å². The SMILES string of the molecule is CCN(CC(=O)O)C(=O)C1COc2ccc(Br)cc21. The fraction of sp³-hybridized carbons (Fsp3) is 0.385. The van der Waals surface area contributed by atoms with Crippen LogP contribution in [0.5, 0.6) is 5.75 Å². The number of rotatable bonds is 4. The molecule has 1 aromatic rings. The molecule has 1 amide bonds. The van der Waals surface area contributed by atoms with Gasteiger partial charge in [-0.25, -0.2) is 0 Å². The van der Waals surface area contributed by atoms with Crippen molar-refractivity contribution in [3.8, 4) is 5.75 Å². The molecule has 1 unspecified atom stereocenters. The van der Waals surface area contributed by atoms with Gasteiger partial charge in [0.2, 0.25) is 5.91 Å². The fourth-order valence-corrected chi connectivity index (χ4v) is 2.50. The summed E-state index contributed by atoms with van der Waals surface area (Å²) in [5.41, 5.74) is 0.809. The third-order valence-electron chi connectivity index (χ3n) is 3.07. The van der Waals surface area contributed by atoms with Crippen LogP contribution in [0.15, 0.2) is 22.7 Å². The van der Waals surface area contributed by atoms with Crippen molar-refractivity contribution in [2.45, 2.75) is 12.8 Å². The van der Waals surface area contributed by atoms with Crippen molar-refractivity contribution in [2.24, 2.45) is 0 Å². The molecule has 2 rings (SSSR count). The molecule has 1 aromatic carbocycles. The molecule has 0 aromatic heterocycles. The predicted molar refractivity (Wildman–Crippen MR) is 72.3 cm³/mol. The van der Waals surface area contributed by atoms with Crippen LogP contribution >= 0.6 is 15.9 Å². The van der Waals surface area contributed by atoms with Crippen molar-refractivity contribution >= 4 is 27.8 Å². The lowest BCUT2D eigenvalue weighted by Crippen LogP contribution is -2.39. The van der Waals surface area contributed by atoms with E-state index in [0.717, 1.165) is 10.0 Å². The first-order valence-electron chi connectivity index (χ1n) is 5.95. The quantitative estimate of drug-likeness (QED) is 0.916. The van der Waals surface area contributed by atoms with E-state index in [-0.39, 0.29) is 19.1 Å². The van der Waals surface area contributed by atoms with Crippen LogP contribution in [0.25, 0.3) is 0 Å². The van der Waals surface area contributed by atoms with Gasteiger partial charge in [-0.3, -0.25) is 9.59 Å². The van der Waals surface area contributed by atoms with Crippen LogP contribution in [0, 0.1) is 0 Å². The number of fused-ring (bicyclic) bond motifs is 1. The molecule has 19 heavy (non-hydrogen) atoms. The summed E-state index contributed by atoms with van der Waals surface area (Å²) < 4.78 is 6.34. The van der Waals surface area contributed by atoms with Crippen molar-refractivity contribution in [3.05, 3.63) is 28.2 Å². The number of carboxylic acids is 1. The molecule has 0 saturated heterocycles. The molecule has 5 nitrogen and oxygen atoms in total. The number of aliphatic carboxylic acids is 1. The van der Waals surface area contributed by atoms with Gasteiger partial charge in [-0.1, -0.05) is 15.9 Å². The van der Waals surface area contributed by atoms with Crippen LogP contribution in [0.1, 0.15) is 18.4 Å². The number of likely N-dealkylation sites (N-methyl/N-ethyl adjacent to an activating group) is 1. The maximum Gasteiger partial charge on any atom is 0.323 e. The van der Waals surface area contributed by atoms with Crippen LogP contribution in [0.4, 0.5) is 0 Å². The maximum absolute atomic E-state index is 12.4. The second kappa shape index (κ2) is 5.61. The van der Waals surface area contributed by atoms with Crippen molar-refractivity contribution < 1.29 is 19.4 Å². The average molecular weight is 328 g/mol. The van der Waals surface area contributed by atoms with E-state index in [4.69, 9.17) is 9.84 Å². The molecule has 1 heterocycles. The number of carbonyl (C=O) groups is 2. The van der Waals surface area contributed by atoms with Crippen molar-refractivity contribution in [2.75, 3.05) is 19.7 Å². The lowest BCUT2D eigenvalue weighted by molar-refractivity contribution is -0.145. The van der Waals surface area contributed by atoms with Gasteiger partial charge >= 0.3 is 5.97 Å².